The molecule has 2 amide bonds. The van der Waals surface area contributed by atoms with E-state index in [0.29, 0.717) is 29.2 Å². The number of nitrogens with zero attached hydrogens (tertiary/aromatic N) is 2. The maximum atomic E-state index is 12.8. The van der Waals surface area contributed by atoms with Crippen molar-refractivity contribution in [2.45, 2.75) is 6.54 Å². The van der Waals surface area contributed by atoms with E-state index in [0.717, 1.165) is 24.7 Å². The predicted octanol–water partition coefficient (Wildman–Crippen LogP) is 4.61. The fourth-order valence-electron chi connectivity index (χ4n) is 3.44. The molecule has 0 saturated carbocycles. The van der Waals surface area contributed by atoms with E-state index >= 15 is 0 Å². The zero-order valence-corrected chi connectivity index (χ0v) is 18.0. The Bertz CT molecular complexity index is 996. The van der Waals surface area contributed by atoms with Crippen LogP contribution in [0.15, 0.2) is 66.0 Å². The highest BCUT2D eigenvalue weighted by atomic mass is 35.5. The van der Waals surface area contributed by atoms with E-state index in [9.17, 15) is 9.59 Å². The first-order chi connectivity index (χ1) is 14.6. The number of benzene rings is 2. The Kier molecular flexibility index (Phi) is 6.47. The molecule has 0 unspecified atom stereocenters. The molecule has 1 N–H and O–H groups in total. The number of hydrogen-bond acceptors (Lipinski definition) is 4. The van der Waals surface area contributed by atoms with Crippen LogP contribution in [0.1, 0.15) is 25.6 Å². The first kappa shape index (κ1) is 20.6. The fourth-order valence-corrected chi connectivity index (χ4v) is 4.18. The number of amides is 2. The number of carbonyl (C=O) groups excluding carboxylic acids is 2. The molecule has 3 aromatic rings. The van der Waals surface area contributed by atoms with Crippen molar-refractivity contribution in [2.75, 3.05) is 31.5 Å². The van der Waals surface area contributed by atoms with Gasteiger partial charge in [0.1, 0.15) is 0 Å². The minimum Gasteiger partial charge on any atom is -0.336 e. The highest BCUT2D eigenvalue weighted by molar-refractivity contribution is 7.12. The molecule has 154 valence electrons. The molecule has 7 heteroatoms. The number of anilines is 1. The smallest absolute Gasteiger partial charge is 0.265 e. The average molecular weight is 440 g/mol. The summed E-state index contributed by atoms with van der Waals surface area (Å²) in [4.78, 5) is 29.9. The van der Waals surface area contributed by atoms with Gasteiger partial charge in [-0.3, -0.25) is 14.5 Å². The van der Waals surface area contributed by atoms with E-state index in [1.807, 2.05) is 40.6 Å². The molecule has 2 heterocycles. The lowest BCUT2D eigenvalue weighted by Gasteiger charge is -2.34. The van der Waals surface area contributed by atoms with Crippen LogP contribution in [0.25, 0.3) is 0 Å². The van der Waals surface area contributed by atoms with Crippen LogP contribution in [-0.4, -0.2) is 47.8 Å². The first-order valence-corrected chi connectivity index (χ1v) is 11.1. The number of nitrogens with one attached hydrogen (secondary N) is 1. The number of carbonyl (C=O) groups is 2. The normalized spacial score (nSPS) is 14.5. The number of rotatable bonds is 5. The summed E-state index contributed by atoms with van der Waals surface area (Å²) in [6, 6.07) is 18.6. The van der Waals surface area contributed by atoms with Crippen molar-refractivity contribution >= 4 is 40.4 Å². The molecular formula is C23H22ClN3O2S. The monoisotopic (exact) mass is 439 g/mol. The Hall–Kier alpha value is -2.67. The molecule has 1 fully saturated rings. The van der Waals surface area contributed by atoms with Gasteiger partial charge in [-0.15, -0.1) is 11.3 Å². The van der Waals surface area contributed by atoms with Crippen LogP contribution in [0.4, 0.5) is 5.69 Å². The molecule has 30 heavy (non-hydrogen) atoms. The van der Waals surface area contributed by atoms with Crippen LogP contribution in [0.2, 0.25) is 5.02 Å². The highest BCUT2D eigenvalue weighted by Gasteiger charge is 2.22. The van der Waals surface area contributed by atoms with Crippen LogP contribution in [0.3, 0.4) is 0 Å². The minimum atomic E-state index is -0.138. The molecule has 0 bridgehead atoms. The largest absolute Gasteiger partial charge is 0.336 e. The second-order valence-corrected chi connectivity index (χ2v) is 8.59. The third kappa shape index (κ3) is 5.08. The Morgan fingerprint density at radius 3 is 2.27 bits per heavy atom. The minimum absolute atomic E-state index is 0.0253. The summed E-state index contributed by atoms with van der Waals surface area (Å²) in [6.45, 7) is 3.93. The Labute approximate surface area is 184 Å². The maximum absolute atomic E-state index is 12.8. The summed E-state index contributed by atoms with van der Waals surface area (Å²) < 4.78 is 0. The van der Waals surface area contributed by atoms with Crippen LogP contribution >= 0.6 is 22.9 Å². The summed E-state index contributed by atoms with van der Waals surface area (Å²) in [5.74, 6) is -0.113. The average Bonchev–Trinajstić information content (AvgIpc) is 3.31. The van der Waals surface area contributed by atoms with Crippen LogP contribution in [0, 0.1) is 0 Å². The van der Waals surface area contributed by atoms with Crippen molar-refractivity contribution in [2.24, 2.45) is 0 Å². The maximum Gasteiger partial charge on any atom is 0.265 e. The van der Waals surface area contributed by atoms with E-state index in [4.69, 9.17) is 11.6 Å². The summed E-state index contributed by atoms with van der Waals surface area (Å²) in [7, 11) is 0. The van der Waals surface area contributed by atoms with Gasteiger partial charge in [-0.25, -0.2) is 0 Å². The molecule has 1 aliphatic heterocycles. The first-order valence-electron chi connectivity index (χ1n) is 9.79. The van der Waals surface area contributed by atoms with Gasteiger partial charge in [0.05, 0.1) is 4.88 Å². The van der Waals surface area contributed by atoms with Gasteiger partial charge in [0.15, 0.2) is 0 Å². The van der Waals surface area contributed by atoms with Gasteiger partial charge < -0.3 is 10.2 Å². The standard InChI is InChI=1S/C23H22ClN3O2S/c24-19-7-3-17(4-8-19)16-26-11-13-27(14-12-26)23(29)18-5-9-20(10-6-18)25-22(28)21-2-1-15-30-21/h1-10,15H,11-14,16H2,(H,25,28). The van der Waals surface area contributed by atoms with Crippen LogP contribution in [0.5, 0.6) is 0 Å². The molecule has 5 nitrogen and oxygen atoms in total. The number of halogens is 1. The van der Waals surface area contributed by atoms with Gasteiger partial charge in [0, 0.05) is 49.0 Å². The molecule has 1 saturated heterocycles. The summed E-state index contributed by atoms with van der Waals surface area (Å²) >= 11 is 7.34. The Balaban J connectivity index is 1.29. The lowest BCUT2D eigenvalue weighted by molar-refractivity contribution is 0.0628. The van der Waals surface area contributed by atoms with Crippen molar-refractivity contribution in [3.8, 4) is 0 Å². The second-order valence-electron chi connectivity index (χ2n) is 7.20. The van der Waals surface area contributed by atoms with E-state index in [2.05, 4.69) is 10.2 Å². The summed E-state index contributed by atoms with van der Waals surface area (Å²) in [5, 5.41) is 5.46. The van der Waals surface area contributed by atoms with Gasteiger partial charge in [-0.2, -0.15) is 0 Å². The van der Waals surface area contributed by atoms with Gasteiger partial charge in [-0.1, -0.05) is 29.8 Å². The highest BCUT2D eigenvalue weighted by Crippen LogP contribution is 2.17. The zero-order valence-electron chi connectivity index (χ0n) is 16.4. The Morgan fingerprint density at radius 1 is 0.933 bits per heavy atom. The fraction of sp³-hybridized carbons (Fsp3) is 0.217. The molecule has 0 atom stereocenters. The zero-order chi connectivity index (χ0) is 20.9. The quantitative estimate of drug-likeness (QED) is 0.631. The third-order valence-electron chi connectivity index (χ3n) is 5.11. The summed E-state index contributed by atoms with van der Waals surface area (Å²) in [5.41, 5.74) is 2.53. The van der Waals surface area contributed by atoms with Gasteiger partial charge in [-0.05, 0) is 53.4 Å². The molecular weight excluding hydrogens is 418 g/mol. The van der Waals surface area contributed by atoms with Crippen molar-refractivity contribution in [1.29, 1.82) is 0 Å². The van der Waals surface area contributed by atoms with Crippen LogP contribution in [-0.2, 0) is 6.54 Å². The number of thiophene rings is 1. The number of hydrogen-bond donors (Lipinski definition) is 1. The van der Waals surface area contributed by atoms with E-state index < -0.39 is 0 Å². The lowest BCUT2D eigenvalue weighted by Crippen LogP contribution is -2.48. The van der Waals surface area contributed by atoms with E-state index in [-0.39, 0.29) is 11.8 Å². The molecule has 1 aliphatic rings. The predicted molar refractivity (Wildman–Crippen MR) is 121 cm³/mol. The molecule has 2 aromatic carbocycles. The topological polar surface area (TPSA) is 52.7 Å². The van der Waals surface area contributed by atoms with E-state index in [1.165, 1.54) is 16.9 Å². The third-order valence-corrected chi connectivity index (χ3v) is 6.23. The van der Waals surface area contributed by atoms with Crippen molar-refractivity contribution in [3.05, 3.63) is 87.1 Å². The van der Waals surface area contributed by atoms with Gasteiger partial charge in [0.2, 0.25) is 0 Å². The SMILES string of the molecule is O=C(Nc1ccc(C(=O)N2CCN(Cc3ccc(Cl)cc3)CC2)cc1)c1cccs1. The Morgan fingerprint density at radius 2 is 1.63 bits per heavy atom. The summed E-state index contributed by atoms with van der Waals surface area (Å²) in [6.07, 6.45) is 0. The molecule has 0 aliphatic carbocycles. The molecule has 0 spiro atoms. The molecule has 1 aromatic heterocycles. The van der Waals surface area contributed by atoms with Gasteiger partial charge >= 0.3 is 0 Å². The van der Waals surface area contributed by atoms with Crippen molar-refractivity contribution in [1.82, 2.24) is 9.80 Å². The van der Waals surface area contributed by atoms with Gasteiger partial charge in [0.25, 0.3) is 11.8 Å². The molecule has 0 radical (unpaired) electrons. The van der Waals surface area contributed by atoms with E-state index in [1.54, 1.807) is 30.3 Å². The number of piperazine rings is 1. The van der Waals surface area contributed by atoms with Crippen LogP contribution < -0.4 is 5.32 Å². The second kappa shape index (κ2) is 9.43. The van der Waals surface area contributed by atoms with Crippen molar-refractivity contribution in [3.63, 3.8) is 0 Å². The lowest BCUT2D eigenvalue weighted by atomic mass is 10.1. The molecule has 4 rings (SSSR count). The van der Waals surface area contributed by atoms with Crippen molar-refractivity contribution < 1.29 is 9.59 Å².